The quantitative estimate of drug-likeness (QED) is 0.685. The molecular weight excluding hydrogens is 406 g/mol. The number of ether oxygens (including phenoxy) is 1. The van der Waals surface area contributed by atoms with Crippen LogP contribution >= 0.6 is 23.5 Å². The lowest BCUT2D eigenvalue weighted by Gasteiger charge is -2.36. The standard InChI is InChI=1S/C21H30ClN5OS/c1-16-15-28-9-7-17-5-6-19(22)10-18(17)4-3-8-25(16)11-20-12-27(24-23-20)21-13-26(14-21)29-2/h5-6,10,12,16,21H,3-4,7-9,11,13-15H2,1-2H3/t16-/m0/s1. The number of nitrogens with zero attached hydrogens (tertiary/aromatic N) is 5. The van der Waals surface area contributed by atoms with Gasteiger partial charge < -0.3 is 4.74 Å². The van der Waals surface area contributed by atoms with E-state index in [0.717, 1.165) is 69.4 Å². The molecule has 8 heteroatoms. The second-order valence-corrected chi connectivity index (χ2v) is 9.35. The summed E-state index contributed by atoms with van der Waals surface area (Å²) in [7, 11) is 0. The molecule has 2 aliphatic heterocycles. The fraction of sp³-hybridized carbons (Fsp3) is 0.619. The van der Waals surface area contributed by atoms with Crippen LogP contribution in [-0.2, 0) is 24.1 Å². The highest BCUT2D eigenvalue weighted by atomic mass is 35.5. The summed E-state index contributed by atoms with van der Waals surface area (Å²) in [6.45, 7) is 7.63. The Balaban J connectivity index is 1.39. The van der Waals surface area contributed by atoms with Gasteiger partial charge in [-0.05, 0) is 62.2 Å². The molecule has 4 rings (SSSR count). The summed E-state index contributed by atoms with van der Waals surface area (Å²) < 4.78 is 10.4. The first kappa shape index (κ1) is 21.1. The molecule has 0 spiro atoms. The number of hydrogen-bond donors (Lipinski definition) is 0. The molecule has 29 heavy (non-hydrogen) atoms. The molecule has 2 aromatic rings. The molecule has 1 aromatic heterocycles. The van der Waals surface area contributed by atoms with Gasteiger partial charge in [0.15, 0.2) is 0 Å². The Hall–Kier alpha value is -1.12. The minimum Gasteiger partial charge on any atom is -0.379 e. The zero-order valence-electron chi connectivity index (χ0n) is 17.3. The van der Waals surface area contributed by atoms with Crippen molar-refractivity contribution in [3.8, 4) is 0 Å². The van der Waals surface area contributed by atoms with E-state index >= 15 is 0 Å². The van der Waals surface area contributed by atoms with Gasteiger partial charge in [-0.15, -0.1) is 5.10 Å². The van der Waals surface area contributed by atoms with E-state index in [9.17, 15) is 0 Å². The molecule has 0 N–H and O–H groups in total. The molecule has 0 radical (unpaired) electrons. The normalized spacial score (nSPS) is 22.7. The lowest BCUT2D eigenvalue weighted by Crippen LogP contribution is -2.43. The van der Waals surface area contributed by atoms with Gasteiger partial charge in [0.2, 0.25) is 0 Å². The van der Waals surface area contributed by atoms with Crippen molar-refractivity contribution in [2.24, 2.45) is 0 Å². The molecule has 0 amide bonds. The Labute approximate surface area is 182 Å². The van der Waals surface area contributed by atoms with Crippen LogP contribution in [0.2, 0.25) is 5.02 Å². The van der Waals surface area contributed by atoms with Crippen molar-refractivity contribution in [1.82, 2.24) is 24.2 Å². The molecule has 158 valence electrons. The first-order valence-corrected chi connectivity index (χ1v) is 12.0. The number of hydrogen-bond acceptors (Lipinski definition) is 6. The summed E-state index contributed by atoms with van der Waals surface area (Å²) in [5.74, 6) is 0. The first-order valence-electron chi connectivity index (χ1n) is 10.4. The van der Waals surface area contributed by atoms with Gasteiger partial charge in [-0.25, -0.2) is 8.99 Å². The van der Waals surface area contributed by atoms with Crippen LogP contribution in [0.4, 0.5) is 0 Å². The molecular formula is C21H30ClN5OS. The maximum Gasteiger partial charge on any atom is 0.0967 e. The van der Waals surface area contributed by atoms with Crippen LogP contribution in [0.3, 0.4) is 0 Å². The predicted molar refractivity (Wildman–Crippen MR) is 118 cm³/mol. The van der Waals surface area contributed by atoms with E-state index in [1.54, 1.807) is 11.9 Å². The lowest BCUT2D eigenvalue weighted by molar-refractivity contribution is 0.0640. The Morgan fingerprint density at radius 2 is 2.10 bits per heavy atom. The zero-order chi connectivity index (χ0) is 20.2. The number of aromatic nitrogens is 3. The highest BCUT2D eigenvalue weighted by Crippen LogP contribution is 2.26. The Morgan fingerprint density at radius 3 is 2.93 bits per heavy atom. The highest BCUT2D eigenvalue weighted by Gasteiger charge is 2.29. The highest BCUT2D eigenvalue weighted by molar-refractivity contribution is 7.96. The van der Waals surface area contributed by atoms with Crippen LogP contribution in [0, 0.1) is 0 Å². The maximum absolute atomic E-state index is 6.23. The fourth-order valence-corrected chi connectivity index (χ4v) is 4.88. The molecule has 0 saturated carbocycles. The van der Waals surface area contributed by atoms with Crippen molar-refractivity contribution in [2.75, 3.05) is 39.1 Å². The van der Waals surface area contributed by atoms with Crippen LogP contribution in [-0.4, -0.2) is 69.3 Å². The van der Waals surface area contributed by atoms with E-state index in [1.807, 2.05) is 10.7 Å². The second kappa shape index (κ2) is 9.79. The van der Waals surface area contributed by atoms with Crippen molar-refractivity contribution >= 4 is 23.5 Å². The van der Waals surface area contributed by atoms with Gasteiger partial charge >= 0.3 is 0 Å². The molecule has 0 aliphatic carbocycles. The Bertz CT molecular complexity index is 810. The monoisotopic (exact) mass is 435 g/mol. The van der Waals surface area contributed by atoms with Gasteiger partial charge in [0.1, 0.15) is 0 Å². The number of benzene rings is 1. The minimum atomic E-state index is 0.348. The summed E-state index contributed by atoms with van der Waals surface area (Å²) in [6, 6.07) is 7.05. The van der Waals surface area contributed by atoms with E-state index in [4.69, 9.17) is 16.3 Å². The van der Waals surface area contributed by atoms with E-state index in [1.165, 1.54) is 11.1 Å². The van der Waals surface area contributed by atoms with Crippen LogP contribution in [0.1, 0.15) is 36.2 Å². The van der Waals surface area contributed by atoms with Crippen molar-refractivity contribution < 1.29 is 4.74 Å². The van der Waals surface area contributed by atoms with Crippen LogP contribution in [0.5, 0.6) is 0 Å². The predicted octanol–water partition coefficient (Wildman–Crippen LogP) is 3.46. The zero-order valence-corrected chi connectivity index (χ0v) is 18.8. The SMILES string of the molecule is CSN1CC(n2cc(CN3CCCc4cc(Cl)ccc4CCOC[C@@H]3C)nn2)C1. The van der Waals surface area contributed by atoms with Crippen molar-refractivity contribution in [2.45, 2.75) is 44.8 Å². The van der Waals surface area contributed by atoms with Crippen LogP contribution < -0.4 is 0 Å². The van der Waals surface area contributed by atoms with Gasteiger partial charge in [0.05, 0.1) is 31.1 Å². The molecule has 6 nitrogen and oxygen atoms in total. The maximum atomic E-state index is 6.23. The number of fused-ring (bicyclic) bond motifs is 1. The van der Waals surface area contributed by atoms with Crippen LogP contribution in [0.25, 0.3) is 0 Å². The molecule has 2 aliphatic rings. The average Bonchev–Trinajstić information content (AvgIpc) is 3.11. The van der Waals surface area contributed by atoms with Gasteiger partial charge in [-0.1, -0.05) is 34.8 Å². The first-order chi connectivity index (χ1) is 14.1. The number of rotatable bonds is 4. The fourth-order valence-electron chi connectivity index (χ4n) is 4.05. The van der Waals surface area contributed by atoms with Gasteiger partial charge in [-0.3, -0.25) is 4.90 Å². The molecule has 1 atom stereocenters. The van der Waals surface area contributed by atoms with Gasteiger partial charge in [-0.2, -0.15) is 0 Å². The smallest absolute Gasteiger partial charge is 0.0967 e. The van der Waals surface area contributed by atoms with Gasteiger partial charge in [0, 0.05) is 30.7 Å². The lowest BCUT2D eigenvalue weighted by atomic mass is 10.0. The second-order valence-electron chi connectivity index (χ2n) is 8.03. The summed E-state index contributed by atoms with van der Waals surface area (Å²) >= 11 is 8.03. The van der Waals surface area contributed by atoms with Gasteiger partial charge in [0.25, 0.3) is 0 Å². The van der Waals surface area contributed by atoms with Crippen molar-refractivity contribution in [3.63, 3.8) is 0 Å². The molecule has 0 unspecified atom stereocenters. The number of aryl methyl sites for hydroxylation is 1. The van der Waals surface area contributed by atoms with E-state index in [0.29, 0.717) is 12.1 Å². The molecule has 1 saturated heterocycles. The summed E-state index contributed by atoms with van der Waals surface area (Å²) in [4.78, 5) is 2.47. The van der Waals surface area contributed by atoms with E-state index in [2.05, 4.69) is 51.0 Å². The Morgan fingerprint density at radius 1 is 1.24 bits per heavy atom. The molecule has 1 fully saturated rings. The molecule has 3 heterocycles. The van der Waals surface area contributed by atoms with Crippen molar-refractivity contribution in [3.05, 3.63) is 46.2 Å². The van der Waals surface area contributed by atoms with E-state index < -0.39 is 0 Å². The van der Waals surface area contributed by atoms with Crippen LogP contribution in [0.15, 0.2) is 24.4 Å². The topological polar surface area (TPSA) is 46.4 Å². The summed E-state index contributed by atoms with van der Waals surface area (Å²) in [5, 5.41) is 9.65. The minimum absolute atomic E-state index is 0.348. The average molecular weight is 436 g/mol. The third-order valence-corrected chi connectivity index (χ3v) is 6.99. The largest absolute Gasteiger partial charge is 0.379 e. The summed E-state index contributed by atoms with van der Waals surface area (Å²) in [5.41, 5.74) is 3.75. The molecule has 0 bridgehead atoms. The Kier molecular flexibility index (Phi) is 7.13. The van der Waals surface area contributed by atoms with Crippen molar-refractivity contribution in [1.29, 1.82) is 0 Å². The molecule has 1 aromatic carbocycles. The van der Waals surface area contributed by atoms with E-state index in [-0.39, 0.29) is 0 Å². The number of halogens is 1. The summed E-state index contributed by atoms with van der Waals surface area (Å²) in [6.07, 6.45) is 7.32. The third kappa shape index (κ3) is 5.33. The third-order valence-electron chi connectivity index (χ3n) is 5.94.